The van der Waals surface area contributed by atoms with Gasteiger partial charge in [-0.05, 0) is 25.3 Å². The Morgan fingerprint density at radius 1 is 1.41 bits per heavy atom. The summed E-state index contributed by atoms with van der Waals surface area (Å²) in [6, 6.07) is 1.90. The normalized spacial score (nSPS) is 12.4. The Balaban J connectivity index is 2.47. The molecule has 0 radical (unpaired) electrons. The highest BCUT2D eigenvalue weighted by molar-refractivity contribution is 5.41. The largest absolute Gasteiger partial charge is 0.477 e. The maximum absolute atomic E-state index is 5.78. The van der Waals surface area contributed by atoms with Gasteiger partial charge in [-0.2, -0.15) is 0 Å². The number of nitrogens with two attached hydrogens (primary N) is 1. The molecular weight excluding hydrogens is 212 g/mol. The molecule has 3 nitrogen and oxygen atoms in total. The molecule has 0 spiro atoms. The van der Waals surface area contributed by atoms with E-state index >= 15 is 0 Å². The van der Waals surface area contributed by atoms with Gasteiger partial charge in [0.2, 0.25) is 5.88 Å². The average molecular weight is 236 g/mol. The highest BCUT2D eigenvalue weighted by Crippen LogP contribution is 2.19. The van der Waals surface area contributed by atoms with E-state index in [-0.39, 0.29) is 0 Å². The molecule has 0 aliphatic carbocycles. The molecule has 0 aromatic carbocycles. The van der Waals surface area contributed by atoms with Crippen LogP contribution < -0.4 is 10.5 Å². The molecule has 17 heavy (non-hydrogen) atoms. The predicted octanol–water partition coefficient (Wildman–Crippen LogP) is 3.57. The van der Waals surface area contributed by atoms with Gasteiger partial charge in [-0.15, -0.1) is 0 Å². The number of unbranched alkanes of at least 4 members (excludes halogenated alkanes) is 1. The zero-order chi connectivity index (χ0) is 12.7. The highest BCUT2D eigenvalue weighted by atomic mass is 16.5. The standard InChI is InChI=1S/C14H24N2O/c1-4-6-7-12(5-2)10-17-14-11(3)8-13(15)9-16-14/h8-9,12H,4-7,10,15H2,1-3H3. The molecule has 0 bridgehead atoms. The van der Waals surface area contributed by atoms with Gasteiger partial charge < -0.3 is 10.5 Å². The highest BCUT2D eigenvalue weighted by Gasteiger charge is 2.08. The Morgan fingerprint density at radius 3 is 2.76 bits per heavy atom. The number of rotatable bonds is 7. The first kappa shape index (κ1) is 13.8. The zero-order valence-electron chi connectivity index (χ0n) is 11.2. The van der Waals surface area contributed by atoms with Crippen molar-refractivity contribution < 1.29 is 4.74 Å². The molecule has 1 heterocycles. The van der Waals surface area contributed by atoms with Crippen LogP contribution in [-0.4, -0.2) is 11.6 Å². The van der Waals surface area contributed by atoms with Crippen LogP contribution in [0.2, 0.25) is 0 Å². The zero-order valence-corrected chi connectivity index (χ0v) is 11.2. The summed E-state index contributed by atoms with van der Waals surface area (Å²) in [5.74, 6) is 1.35. The minimum Gasteiger partial charge on any atom is -0.477 e. The summed E-state index contributed by atoms with van der Waals surface area (Å²) in [6.07, 6.45) is 6.57. The second-order valence-corrected chi connectivity index (χ2v) is 4.62. The molecule has 96 valence electrons. The summed E-state index contributed by atoms with van der Waals surface area (Å²) in [6.45, 7) is 7.17. The maximum atomic E-state index is 5.78. The molecule has 0 amide bonds. The maximum Gasteiger partial charge on any atom is 0.216 e. The summed E-state index contributed by atoms with van der Waals surface area (Å²) < 4.78 is 5.78. The molecular formula is C14H24N2O. The van der Waals surface area contributed by atoms with Gasteiger partial charge in [0, 0.05) is 5.56 Å². The number of nitrogens with zero attached hydrogens (tertiary/aromatic N) is 1. The van der Waals surface area contributed by atoms with E-state index < -0.39 is 0 Å². The lowest BCUT2D eigenvalue weighted by Crippen LogP contribution is -2.12. The number of aryl methyl sites for hydroxylation is 1. The Kier molecular flexibility index (Phi) is 5.81. The van der Waals surface area contributed by atoms with Crippen molar-refractivity contribution in [1.82, 2.24) is 4.98 Å². The molecule has 1 atom stereocenters. The average Bonchev–Trinajstić information content (AvgIpc) is 2.31. The first-order valence-electron chi connectivity index (χ1n) is 6.52. The Labute approximate surface area is 104 Å². The quantitative estimate of drug-likeness (QED) is 0.787. The number of anilines is 1. The van der Waals surface area contributed by atoms with Gasteiger partial charge in [0.1, 0.15) is 0 Å². The van der Waals surface area contributed by atoms with E-state index in [4.69, 9.17) is 10.5 Å². The van der Waals surface area contributed by atoms with Gasteiger partial charge >= 0.3 is 0 Å². The van der Waals surface area contributed by atoms with Crippen LogP contribution in [-0.2, 0) is 0 Å². The summed E-state index contributed by atoms with van der Waals surface area (Å²) in [4.78, 5) is 4.22. The Bertz CT molecular complexity index is 339. The Hall–Kier alpha value is -1.25. The molecule has 0 aliphatic heterocycles. The van der Waals surface area contributed by atoms with Crippen molar-refractivity contribution in [3.63, 3.8) is 0 Å². The van der Waals surface area contributed by atoms with E-state index in [0.29, 0.717) is 17.5 Å². The van der Waals surface area contributed by atoms with Gasteiger partial charge in [0.15, 0.2) is 0 Å². The second kappa shape index (κ2) is 7.15. The minimum atomic E-state index is 0.633. The lowest BCUT2D eigenvalue weighted by molar-refractivity contribution is 0.224. The van der Waals surface area contributed by atoms with Gasteiger partial charge in [-0.1, -0.05) is 33.1 Å². The third-order valence-electron chi connectivity index (χ3n) is 3.05. The van der Waals surface area contributed by atoms with Crippen molar-refractivity contribution >= 4 is 5.69 Å². The van der Waals surface area contributed by atoms with Crippen molar-refractivity contribution in [1.29, 1.82) is 0 Å². The summed E-state index contributed by atoms with van der Waals surface area (Å²) in [7, 11) is 0. The lowest BCUT2D eigenvalue weighted by Gasteiger charge is -2.16. The van der Waals surface area contributed by atoms with Crippen molar-refractivity contribution in [3.8, 4) is 5.88 Å². The summed E-state index contributed by atoms with van der Waals surface area (Å²) >= 11 is 0. The van der Waals surface area contributed by atoms with Crippen LogP contribution >= 0.6 is 0 Å². The van der Waals surface area contributed by atoms with E-state index in [1.165, 1.54) is 19.3 Å². The van der Waals surface area contributed by atoms with Gasteiger partial charge in [0.05, 0.1) is 18.5 Å². The number of nitrogen functional groups attached to an aromatic ring is 1. The molecule has 1 aromatic heterocycles. The summed E-state index contributed by atoms with van der Waals surface area (Å²) in [5, 5.41) is 0. The number of hydrogen-bond acceptors (Lipinski definition) is 3. The van der Waals surface area contributed by atoms with E-state index in [1.54, 1.807) is 6.20 Å². The van der Waals surface area contributed by atoms with Gasteiger partial charge in [0.25, 0.3) is 0 Å². The van der Waals surface area contributed by atoms with Crippen LogP contribution in [0.15, 0.2) is 12.3 Å². The molecule has 0 fully saturated rings. The number of pyridine rings is 1. The molecule has 3 heteroatoms. The molecule has 0 aliphatic rings. The number of hydrogen-bond donors (Lipinski definition) is 1. The smallest absolute Gasteiger partial charge is 0.216 e. The third-order valence-corrected chi connectivity index (χ3v) is 3.05. The molecule has 0 saturated heterocycles. The molecule has 1 rings (SSSR count). The SMILES string of the molecule is CCCCC(CC)COc1ncc(N)cc1C. The molecule has 2 N–H and O–H groups in total. The minimum absolute atomic E-state index is 0.633. The van der Waals surface area contributed by atoms with Gasteiger partial charge in [-0.3, -0.25) is 0 Å². The fraction of sp³-hybridized carbons (Fsp3) is 0.643. The van der Waals surface area contributed by atoms with Crippen LogP contribution in [0.25, 0.3) is 0 Å². The van der Waals surface area contributed by atoms with Gasteiger partial charge in [-0.25, -0.2) is 4.98 Å². The molecule has 1 aromatic rings. The number of aromatic nitrogens is 1. The van der Waals surface area contributed by atoms with Crippen molar-refractivity contribution in [2.24, 2.45) is 5.92 Å². The fourth-order valence-corrected chi connectivity index (χ4v) is 1.83. The second-order valence-electron chi connectivity index (χ2n) is 4.62. The van der Waals surface area contributed by atoms with E-state index in [2.05, 4.69) is 18.8 Å². The molecule has 1 unspecified atom stereocenters. The van der Waals surface area contributed by atoms with Crippen LogP contribution in [0.5, 0.6) is 5.88 Å². The van der Waals surface area contributed by atoms with Crippen LogP contribution in [0.3, 0.4) is 0 Å². The Morgan fingerprint density at radius 2 is 2.18 bits per heavy atom. The van der Waals surface area contributed by atoms with Crippen LogP contribution in [0.1, 0.15) is 45.1 Å². The van der Waals surface area contributed by atoms with E-state index in [1.807, 2.05) is 13.0 Å². The monoisotopic (exact) mass is 236 g/mol. The van der Waals surface area contributed by atoms with Crippen molar-refractivity contribution in [2.45, 2.75) is 46.5 Å². The van der Waals surface area contributed by atoms with Crippen molar-refractivity contribution in [3.05, 3.63) is 17.8 Å². The van der Waals surface area contributed by atoms with E-state index in [9.17, 15) is 0 Å². The third kappa shape index (κ3) is 4.63. The molecule has 0 saturated carbocycles. The summed E-state index contributed by atoms with van der Waals surface area (Å²) in [5.41, 5.74) is 7.35. The van der Waals surface area contributed by atoms with E-state index in [0.717, 1.165) is 18.6 Å². The fourth-order valence-electron chi connectivity index (χ4n) is 1.83. The lowest BCUT2D eigenvalue weighted by atomic mass is 10.0. The first-order chi connectivity index (χ1) is 8.17. The van der Waals surface area contributed by atoms with Crippen molar-refractivity contribution in [2.75, 3.05) is 12.3 Å². The predicted molar refractivity (Wildman–Crippen MR) is 72.2 cm³/mol. The van der Waals surface area contributed by atoms with Crippen LogP contribution in [0.4, 0.5) is 5.69 Å². The first-order valence-corrected chi connectivity index (χ1v) is 6.52. The topological polar surface area (TPSA) is 48.1 Å². The van der Waals surface area contributed by atoms with Crippen LogP contribution in [0, 0.1) is 12.8 Å². The number of ether oxygens (including phenoxy) is 1.